The van der Waals surface area contributed by atoms with Crippen molar-refractivity contribution < 1.29 is 9.59 Å². The number of ketones is 2. The molecule has 0 amide bonds. The molecule has 0 saturated heterocycles. The van der Waals surface area contributed by atoms with E-state index in [9.17, 15) is 9.59 Å². The van der Waals surface area contributed by atoms with E-state index in [-0.39, 0.29) is 28.3 Å². The van der Waals surface area contributed by atoms with Gasteiger partial charge in [-0.3, -0.25) is 14.6 Å². The number of allylic oxidation sites excluding steroid dienone is 4. The third kappa shape index (κ3) is 2.54. The highest BCUT2D eigenvalue weighted by molar-refractivity contribution is 6.05. The number of carbonyl (C=O) groups excluding carboxylic acids is 2. The fraction of sp³-hybridized carbons (Fsp3) is 0.600. The van der Waals surface area contributed by atoms with Crippen LogP contribution < -0.4 is 5.01 Å². The second-order valence-corrected chi connectivity index (χ2v) is 9.48. The molecule has 0 atom stereocenters. The first-order chi connectivity index (χ1) is 12.1. The fourth-order valence-electron chi connectivity index (χ4n) is 4.85. The minimum absolute atomic E-state index is 0.103. The summed E-state index contributed by atoms with van der Waals surface area (Å²) in [5, 5.41) is 9.96. The Hall–Kier alpha value is -2.24. The maximum absolute atomic E-state index is 13.0. The number of nitrogens with zero attached hydrogens (tertiary/aromatic N) is 4. The molecule has 2 heterocycles. The molecule has 1 aliphatic heterocycles. The largest absolute Gasteiger partial charge is 0.294 e. The number of rotatable bonds is 1. The van der Waals surface area contributed by atoms with Crippen LogP contribution in [-0.4, -0.2) is 26.4 Å². The van der Waals surface area contributed by atoms with Crippen molar-refractivity contribution in [3.05, 3.63) is 35.2 Å². The maximum atomic E-state index is 13.0. The van der Waals surface area contributed by atoms with E-state index in [1.807, 2.05) is 16.6 Å². The summed E-state index contributed by atoms with van der Waals surface area (Å²) < 4.78 is 1.82. The normalized spacial score (nSPS) is 25.5. The predicted molar refractivity (Wildman–Crippen MR) is 97.5 cm³/mol. The molecule has 0 N–H and O–H groups in total. The summed E-state index contributed by atoms with van der Waals surface area (Å²) in [6.45, 7) is 10.5. The fourth-order valence-corrected chi connectivity index (χ4v) is 4.85. The van der Waals surface area contributed by atoms with Gasteiger partial charge < -0.3 is 0 Å². The van der Waals surface area contributed by atoms with Crippen LogP contribution in [0.4, 0.5) is 0 Å². The van der Waals surface area contributed by atoms with Crippen LogP contribution in [0.5, 0.6) is 0 Å². The standard InChI is InChI=1S/C20H26N4O2/c1-12-17-13(6-19(2,3)8-15(17)25)24(23-10-21-22-11-23)14-7-20(4,5)9-16(26)18(12)14/h10-12H,6-9H2,1-5H3. The van der Waals surface area contributed by atoms with Gasteiger partial charge in [-0.2, -0.15) is 0 Å². The van der Waals surface area contributed by atoms with Crippen LogP contribution in [0.1, 0.15) is 60.3 Å². The summed E-state index contributed by atoms with van der Waals surface area (Å²) in [7, 11) is 0. The lowest BCUT2D eigenvalue weighted by molar-refractivity contribution is -0.119. The minimum atomic E-state index is -0.139. The Kier molecular flexibility index (Phi) is 3.56. The van der Waals surface area contributed by atoms with Gasteiger partial charge in [0.25, 0.3) is 0 Å². The monoisotopic (exact) mass is 354 g/mol. The topological polar surface area (TPSA) is 68.1 Å². The van der Waals surface area contributed by atoms with Crippen LogP contribution in [0.3, 0.4) is 0 Å². The predicted octanol–water partition coefficient (Wildman–Crippen LogP) is 3.15. The van der Waals surface area contributed by atoms with E-state index in [1.165, 1.54) is 0 Å². The highest BCUT2D eigenvalue weighted by Crippen LogP contribution is 2.50. The van der Waals surface area contributed by atoms with Crippen molar-refractivity contribution in [1.82, 2.24) is 14.9 Å². The van der Waals surface area contributed by atoms with Crippen LogP contribution in [-0.2, 0) is 9.59 Å². The molecule has 0 spiro atoms. The molecule has 138 valence electrons. The van der Waals surface area contributed by atoms with Gasteiger partial charge in [0.05, 0.1) is 0 Å². The van der Waals surface area contributed by atoms with Crippen LogP contribution in [0.15, 0.2) is 35.2 Å². The molecule has 3 aliphatic rings. The second-order valence-electron chi connectivity index (χ2n) is 9.48. The number of hydrogen-bond acceptors (Lipinski definition) is 5. The van der Waals surface area contributed by atoms with Crippen LogP contribution in [0.2, 0.25) is 0 Å². The van der Waals surface area contributed by atoms with Crippen molar-refractivity contribution in [2.45, 2.75) is 60.3 Å². The van der Waals surface area contributed by atoms with Crippen LogP contribution in [0.25, 0.3) is 0 Å². The average molecular weight is 354 g/mol. The van der Waals surface area contributed by atoms with Crippen LogP contribution in [0, 0.1) is 16.7 Å². The van der Waals surface area contributed by atoms with Gasteiger partial charge in [0.1, 0.15) is 12.7 Å². The molecule has 0 unspecified atom stereocenters. The summed E-state index contributed by atoms with van der Waals surface area (Å²) in [6.07, 6.45) is 5.92. The molecule has 0 aromatic carbocycles. The zero-order valence-electron chi connectivity index (χ0n) is 16.2. The van der Waals surface area contributed by atoms with E-state index < -0.39 is 0 Å². The molecule has 0 bridgehead atoms. The lowest BCUT2D eigenvalue weighted by Gasteiger charge is -2.47. The van der Waals surface area contributed by atoms with Crippen molar-refractivity contribution in [3.8, 4) is 0 Å². The summed E-state index contributed by atoms with van der Waals surface area (Å²) >= 11 is 0. The van der Waals surface area contributed by atoms with E-state index in [0.29, 0.717) is 12.8 Å². The lowest BCUT2D eigenvalue weighted by Crippen LogP contribution is -2.48. The highest BCUT2D eigenvalue weighted by Gasteiger charge is 2.47. The SMILES string of the molecule is CC1C2=C(CC(C)(C)CC2=O)N(n2cnnc2)C2=C1C(=O)CC(C)(C)C2. The summed E-state index contributed by atoms with van der Waals surface area (Å²) in [5.74, 6) is 0.178. The van der Waals surface area contributed by atoms with Crippen molar-refractivity contribution in [2.24, 2.45) is 16.7 Å². The quantitative estimate of drug-likeness (QED) is 0.775. The van der Waals surface area contributed by atoms with E-state index in [0.717, 1.165) is 35.4 Å². The van der Waals surface area contributed by atoms with Crippen molar-refractivity contribution in [1.29, 1.82) is 0 Å². The molecule has 0 radical (unpaired) electrons. The molecular weight excluding hydrogens is 328 g/mol. The first-order valence-corrected chi connectivity index (χ1v) is 9.27. The molecule has 1 aromatic heterocycles. The Labute approximate surface area is 153 Å². The van der Waals surface area contributed by atoms with E-state index in [2.05, 4.69) is 37.9 Å². The third-order valence-corrected chi connectivity index (χ3v) is 5.81. The Morgan fingerprint density at radius 1 is 0.846 bits per heavy atom. The number of carbonyl (C=O) groups is 2. The molecule has 0 fully saturated rings. The minimum Gasteiger partial charge on any atom is -0.294 e. The van der Waals surface area contributed by atoms with Crippen molar-refractivity contribution in [2.75, 3.05) is 5.01 Å². The zero-order valence-corrected chi connectivity index (χ0v) is 16.2. The van der Waals surface area contributed by atoms with Crippen molar-refractivity contribution >= 4 is 11.6 Å². The van der Waals surface area contributed by atoms with E-state index >= 15 is 0 Å². The number of hydrogen-bond donors (Lipinski definition) is 0. The van der Waals surface area contributed by atoms with Crippen molar-refractivity contribution in [3.63, 3.8) is 0 Å². The van der Waals surface area contributed by atoms with Gasteiger partial charge >= 0.3 is 0 Å². The lowest BCUT2D eigenvalue weighted by atomic mass is 9.66. The molecule has 1 aromatic rings. The Morgan fingerprint density at radius 3 is 1.69 bits per heavy atom. The molecule has 0 saturated carbocycles. The smallest absolute Gasteiger partial charge is 0.161 e. The molecule has 2 aliphatic carbocycles. The van der Waals surface area contributed by atoms with Gasteiger partial charge in [-0.1, -0.05) is 34.6 Å². The summed E-state index contributed by atoms with van der Waals surface area (Å²) in [6, 6.07) is 0. The zero-order chi connectivity index (χ0) is 18.9. The first kappa shape index (κ1) is 17.2. The maximum Gasteiger partial charge on any atom is 0.161 e. The molecule has 6 heteroatoms. The molecule has 26 heavy (non-hydrogen) atoms. The van der Waals surface area contributed by atoms with Gasteiger partial charge in [-0.25, -0.2) is 4.68 Å². The Bertz CT molecular complexity index is 804. The van der Waals surface area contributed by atoms with Gasteiger partial charge in [-0.15, -0.1) is 10.2 Å². The van der Waals surface area contributed by atoms with Gasteiger partial charge in [0, 0.05) is 41.3 Å². The molecule has 4 rings (SSSR count). The van der Waals surface area contributed by atoms with Gasteiger partial charge in [-0.05, 0) is 23.7 Å². The van der Waals surface area contributed by atoms with Gasteiger partial charge in [0.15, 0.2) is 11.6 Å². The van der Waals surface area contributed by atoms with E-state index in [4.69, 9.17) is 0 Å². The van der Waals surface area contributed by atoms with Crippen LogP contribution >= 0.6 is 0 Å². The number of Topliss-reactive ketones (excluding diaryl/α,β-unsaturated/α-hetero) is 2. The van der Waals surface area contributed by atoms with E-state index in [1.54, 1.807) is 12.7 Å². The first-order valence-electron chi connectivity index (χ1n) is 9.27. The highest BCUT2D eigenvalue weighted by atomic mass is 16.1. The third-order valence-electron chi connectivity index (χ3n) is 5.81. The average Bonchev–Trinajstić information content (AvgIpc) is 2.97. The summed E-state index contributed by atoms with van der Waals surface area (Å²) in [4.78, 5) is 26.0. The molecule has 6 nitrogen and oxygen atoms in total. The Balaban J connectivity index is 1.95. The number of aromatic nitrogens is 3. The summed E-state index contributed by atoms with van der Waals surface area (Å²) in [5.41, 5.74) is 3.39. The second kappa shape index (κ2) is 5.38. The van der Waals surface area contributed by atoms with Gasteiger partial charge in [0.2, 0.25) is 0 Å². The molecular formula is C20H26N4O2. The Morgan fingerprint density at radius 2 is 1.27 bits per heavy atom.